The highest BCUT2D eigenvalue weighted by molar-refractivity contribution is 7.99. The number of nitrogens with zero attached hydrogens (tertiary/aromatic N) is 3. The van der Waals surface area contributed by atoms with Crippen LogP contribution in [0.1, 0.15) is 5.69 Å². The molecule has 8 nitrogen and oxygen atoms in total. The fourth-order valence-electron chi connectivity index (χ4n) is 1.69. The molecule has 2 aromatic rings. The van der Waals surface area contributed by atoms with Gasteiger partial charge in [0.2, 0.25) is 5.91 Å². The molecule has 10 heteroatoms. The summed E-state index contributed by atoms with van der Waals surface area (Å²) in [5, 5.41) is 13.8. The van der Waals surface area contributed by atoms with Crippen molar-refractivity contribution in [3.8, 4) is 0 Å². The number of benzene rings is 1. The number of nitro groups is 1. The van der Waals surface area contributed by atoms with E-state index in [0.29, 0.717) is 16.7 Å². The van der Waals surface area contributed by atoms with Crippen LogP contribution in [0.15, 0.2) is 29.4 Å². The highest BCUT2D eigenvalue weighted by Gasteiger charge is 2.14. The van der Waals surface area contributed by atoms with E-state index in [1.807, 2.05) is 0 Å². The van der Waals surface area contributed by atoms with Crippen LogP contribution < -0.4 is 11.1 Å². The van der Waals surface area contributed by atoms with Gasteiger partial charge in [0, 0.05) is 23.5 Å². The third kappa shape index (κ3) is 4.80. The van der Waals surface area contributed by atoms with Gasteiger partial charge in [-0.1, -0.05) is 23.4 Å². The Morgan fingerprint density at radius 3 is 2.83 bits per heavy atom. The third-order valence-corrected chi connectivity index (χ3v) is 3.78. The van der Waals surface area contributed by atoms with E-state index in [9.17, 15) is 14.9 Å². The van der Waals surface area contributed by atoms with Gasteiger partial charge in [-0.05, 0) is 19.1 Å². The molecule has 3 N–H and O–H groups in total. The zero-order chi connectivity index (χ0) is 17.0. The number of amides is 1. The van der Waals surface area contributed by atoms with Gasteiger partial charge in [-0.2, -0.15) is 0 Å². The molecule has 1 heterocycles. The molecule has 0 radical (unpaired) electrons. The minimum absolute atomic E-state index is 0.00556. The first-order valence-electron chi connectivity index (χ1n) is 6.33. The molecule has 1 amide bonds. The Morgan fingerprint density at radius 2 is 2.17 bits per heavy atom. The predicted octanol–water partition coefficient (Wildman–Crippen LogP) is 2.66. The lowest BCUT2D eigenvalue weighted by atomic mass is 10.3. The highest BCUT2D eigenvalue weighted by Crippen LogP contribution is 2.27. The quantitative estimate of drug-likeness (QED) is 0.366. The monoisotopic (exact) mass is 353 g/mol. The number of nitrogen functional groups attached to an aromatic ring is 1. The first-order chi connectivity index (χ1) is 10.8. The predicted molar refractivity (Wildman–Crippen MR) is 88.6 cm³/mol. The minimum Gasteiger partial charge on any atom is -0.384 e. The number of nitro benzene ring substituents is 1. The molecule has 0 bridgehead atoms. The first-order valence-corrected chi connectivity index (χ1v) is 7.69. The van der Waals surface area contributed by atoms with Crippen molar-refractivity contribution in [2.45, 2.75) is 12.1 Å². The Bertz CT molecular complexity index is 751. The maximum atomic E-state index is 11.9. The van der Waals surface area contributed by atoms with Crippen molar-refractivity contribution in [1.82, 2.24) is 9.97 Å². The number of halogens is 1. The summed E-state index contributed by atoms with van der Waals surface area (Å²) in [6.07, 6.45) is 0. The molecule has 0 atom stereocenters. The van der Waals surface area contributed by atoms with Crippen molar-refractivity contribution in [1.29, 1.82) is 0 Å². The first kappa shape index (κ1) is 17.0. The van der Waals surface area contributed by atoms with Gasteiger partial charge in [-0.15, -0.1) is 0 Å². The fourth-order valence-corrected chi connectivity index (χ4v) is 2.58. The van der Waals surface area contributed by atoms with E-state index in [1.54, 1.807) is 13.0 Å². The second-order valence-corrected chi connectivity index (χ2v) is 5.83. The molecule has 0 spiro atoms. The van der Waals surface area contributed by atoms with Gasteiger partial charge in [0.15, 0.2) is 5.16 Å². The highest BCUT2D eigenvalue weighted by atomic mass is 35.5. The molecule has 0 unspecified atom stereocenters. The number of aryl methyl sites for hydroxylation is 1. The molecule has 0 aliphatic rings. The Hall–Kier alpha value is -2.39. The van der Waals surface area contributed by atoms with Gasteiger partial charge in [-0.25, -0.2) is 9.97 Å². The van der Waals surface area contributed by atoms with Crippen LogP contribution in [0.5, 0.6) is 0 Å². The normalized spacial score (nSPS) is 10.3. The van der Waals surface area contributed by atoms with Gasteiger partial charge in [0.25, 0.3) is 5.69 Å². The van der Waals surface area contributed by atoms with E-state index in [0.717, 1.165) is 11.8 Å². The van der Waals surface area contributed by atoms with Crippen LogP contribution in [0.2, 0.25) is 5.02 Å². The third-order valence-electron chi connectivity index (χ3n) is 2.61. The number of nitrogens with two attached hydrogens (primary N) is 1. The standard InChI is InChI=1S/C13H12ClN5O3S/c1-7-4-11(15)18-13(16-7)23-6-12(20)17-8-2-3-9(14)10(5-8)19(21)22/h2-5H,6H2,1H3,(H,17,20)(H2,15,16,18). The Kier molecular flexibility index (Phi) is 5.35. The van der Waals surface area contributed by atoms with Gasteiger partial charge in [0.1, 0.15) is 10.8 Å². The van der Waals surface area contributed by atoms with E-state index in [-0.39, 0.29) is 28.1 Å². The molecular weight excluding hydrogens is 342 g/mol. The van der Waals surface area contributed by atoms with Crippen LogP contribution in [-0.2, 0) is 4.79 Å². The Labute approximate surface area is 140 Å². The van der Waals surface area contributed by atoms with Crippen molar-refractivity contribution >= 4 is 46.5 Å². The van der Waals surface area contributed by atoms with Gasteiger partial charge in [-0.3, -0.25) is 14.9 Å². The van der Waals surface area contributed by atoms with Crippen LogP contribution in [-0.4, -0.2) is 26.6 Å². The van der Waals surface area contributed by atoms with Gasteiger partial charge in [0.05, 0.1) is 10.7 Å². The summed E-state index contributed by atoms with van der Waals surface area (Å²) < 4.78 is 0. The molecule has 0 aliphatic carbocycles. The van der Waals surface area contributed by atoms with Crippen molar-refractivity contribution in [2.24, 2.45) is 0 Å². The molecule has 0 fully saturated rings. The lowest BCUT2D eigenvalue weighted by Crippen LogP contribution is -2.14. The average Bonchev–Trinajstić information content (AvgIpc) is 2.46. The maximum Gasteiger partial charge on any atom is 0.289 e. The van der Waals surface area contributed by atoms with Crippen molar-refractivity contribution < 1.29 is 9.72 Å². The Morgan fingerprint density at radius 1 is 1.43 bits per heavy atom. The van der Waals surface area contributed by atoms with E-state index < -0.39 is 4.92 Å². The van der Waals surface area contributed by atoms with Crippen LogP contribution in [0.4, 0.5) is 17.2 Å². The molecule has 0 aliphatic heterocycles. The molecular formula is C13H12ClN5O3S. The number of carbonyl (C=O) groups excluding carboxylic acids is 1. The second-order valence-electron chi connectivity index (χ2n) is 4.48. The molecule has 0 saturated heterocycles. The SMILES string of the molecule is Cc1cc(N)nc(SCC(=O)Nc2ccc(Cl)c([N+](=O)[O-])c2)n1. The number of thioether (sulfide) groups is 1. The summed E-state index contributed by atoms with van der Waals surface area (Å²) in [4.78, 5) is 30.2. The van der Waals surface area contributed by atoms with Crippen LogP contribution in [0.25, 0.3) is 0 Å². The summed E-state index contributed by atoms with van der Waals surface area (Å²) in [5.41, 5.74) is 6.33. The van der Waals surface area contributed by atoms with E-state index in [1.165, 1.54) is 18.2 Å². The van der Waals surface area contributed by atoms with Gasteiger partial charge >= 0.3 is 0 Å². The zero-order valence-corrected chi connectivity index (χ0v) is 13.5. The van der Waals surface area contributed by atoms with Gasteiger partial charge < -0.3 is 11.1 Å². The number of nitrogens with one attached hydrogen (secondary N) is 1. The van der Waals surface area contributed by atoms with E-state index in [4.69, 9.17) is 17.3 Å². The van der Waals surface area contributed by atoms with E-state index >= 15 is 0 Å². The van der Waals surface area contributed by atoms with Crippen LogP contribution in [0, 0.1) is 17.0 Å². The number of hydrogen-bond donors (Lipinski definition) is 2. The number of hydrogen-bond acceptors (Lipinski definition) is 7. The number of anilines is 2. The summed E-state index contributed by atoms with van der Waals surface area (Å²) in [5.74, 6) is 0.0169. The lowest BCUT2D eigenvalue weighted by molar-refractivity contribution is -0.384. The van der Waals surface area contributed by atoms with Crippen LogP contribution in [0.3, 0.4) is 0 Å². The van der Waals surface area contributed by atoms with E-state index in [2.05, 4.69) is 15.3 Å². The van der Waals surface area contributed by atoms with Crippen LogP contribution >= 0.6 is 23.4 Å². The largest absolute Gasteiger partial charge is 0.384 e. The number of rotatable bonds is 5. The molecule has 0 saturated carbocycles. The number of carbonyl (C=O) groups is 1. The fraction of sp³-hybridized carbons (Fsp3) is 0.154. The van der Waals surface area contributed by atoms with Crippen molar-refractivity contribution in [2.75, 3.05) is 16.8 Å². The summed E-state index contributed by atoms with van der Waals surface area (Å²) >= 11 is 6.83. The lowest BCUT2D eigenvalue weighted by Gasteiger charge is -2.06. The maximum absolute atomic E-state index is 11.9. The van der Waals surface area contributed by atoms with Crippen molar-refractivity contribution in [3.63, 3.8) is 0 Å². The Balaban J connectivity index is 1.99. The molecule has 1 aromatic heterocycles. The average molecular weight is 354 g/mol. The molecule has 23 heavy (non-hydrogen) atoms. The summed E-state index contributed by atoms with van der Waals surface area (Å²) in [6.45, 7) is 1.77. The zero-order valence-electron chi connectivity index (χ0n) is 11.9. The summed E-state index contributed by atoms with van der Waals surface area (Å²) in [6, 6.07) is 5.66. The summed E-state index contributed by atoms with van der Waals surface area (Å²) in [7, 11) is 0. The molecule has 120 valence electrons. The number of aromatic nitrogens is 2. The molecule has 2 rings (SSSR count). The topological polar surface area (TPSA) is 124 Å². The van der Waals surface area contributed by atoms with Crippen molar-refractivity contribution in [3.05, 3.63) is 45.1 Å². The second kappa shape index (κ2) is 7.25. The molecule has 1 aromatic carbocycles. The minimum atomic E-state index is -0.615. The smallest absolute Gasteiger partial charge is 0.289 e.